The van der Waals surface area contributed by atoms with Crippen LogP contribution in [0.2, 0.25) is 0 Å². The van der Waals surface area contributed by atoms with E-state index in [1.807, 2.05) is 0 Å². The minimum atomic E-state index is 0.0995. The van der Waals surface area contributed by atoms with Gasteiger partial charge in [-0.25, -0.2) is 0 Å². The molecule has 1 aliphatic carbocycles. The van der Waals surface area contributed by atoms with Gasteiger partial charge in [-0.15, -0.1) is 0 Å². The molecule has 1 heterocycles. The van der Waals surface area contributed by atoms with E-state index in [1.165, 1.54) is 19.3 Å². The van der Waals surface area contributed by atoms with Crippen molar-refractivity contribution >= 4 is 0 Å². The zero-order valence-corrected chi connectivity index (χ0v) is 10.6. The quantitative estimate of drug-likeness (QED) is 0.696. The summed E-state index contributed by atoms with van der Waals surface area (Å²) in [7, 11) is 0. The molecule has 1 saturated carbocycles. The van der Waals surface area contributed by atoms with Crippen molar-refractivity contribution in [3.05, 3.63) is 0 Å². The Balaban J connectivity index is 2.22. The van der Waals surface area contributed by atoms with Crippen molar-refractivity contribution in [2.45, 2.75) is 58.8 Å². The van der Waals surface area contributed by atoms with E-state index in [1.54, 1.807) is 0 Å². The van der Waals surface area contributed by atoms with Gasteiger partial charge in [0.2, 0.25) is 0 Å². The van der Waals surface area contributed by atoms with Gasteiger partial charge in [0, 0.05) is 12.5 Å². The van der Waals surface area contributed by atoms with Crippen molar-refractivity contribution in [1.29, 1.82) is 0 Å². The summed E-state index contributed by atoms with van der Waals surface area (Å²) >= 11 is 0. The van der Waals surface area contributed by atoms with Gasteiger partial charge in [-0.05, 0) is 38.6 Å². The summed E-state index contributed by atoms with van der Waals surface area (Å²) in [4.78, 5) is 2.58. The molecule has 0 aromatic rings. The summed E-state index contributed by atoms with van der Waals surface area (Å²) in [6.45, 7) is 11.4. The van der Waals surface area contributed by atoms with E-state index in [0.717, 1.165) is 24.9 Å². The third kappa shape index (κ3) is 1.72. The number of rotatable bonds is 2. The van der Waals surface area contributed by atoms with Gasteiger partial charge < -0.3 is 4.74 Å². The molecule has 2 heteroatoms. The van der Waals surface area contributed by atoms with Crippen LogP contribution in [-0.2, 0) is 4.74 Å². The molecule has 1 saturated heterocycles. The molecular weight excluding hydrogens is 186 g/mol. The fraction of sp³-hybridized carbons (Fsp3) is 1.00. The zero-order valence-electron chi connectivity index (χ0n) is 10.6. The average Bonchev–Trinajstić information content (AvgIpc) is 2.71. The molecular formula is C13H25NO. The lowest BCUT2D eigenvalue weighted by molar-refractivity contribution is -0.135. The van der Waals surface area contributed by atoms with Crippen LogP contribution in [0.3, 0.4) is 0 Å². The molecule has 88 valence electrons. The molecule has 0 aromatic heterocycles. The Bertz CT molecular complexity index is 229. The second kappa shape index (κ2) is 4.06. The van der Waals surface area contributed by atoms with E-state index >= 15 is 0 Å². The number of likely N-dealkylation sites (N-methyl/N-ethyl adjacent to an activating group) is 1. The number of hydrogen-bond donors (Lipinski definition) is 0. The number of hydrogen-bond acceptors (Lipinski definition) is 2. The fourth-order valence-corrected chi connectivity index (χ4v) is 3.70. The molecule has 1 aliphatic heterocycles. The lowest BCUT2D eigenvalue weighted by Gasteiger charge is -2.40. The van der Waals surface area contributed by atoms with Crippen LogP contribution in [0.25, 0.3) is 0 Å². The van der Waals surface area contributed by atoms with Gasteiger partial charge >= 0.3 is 0 Å². The van der Waals surface area contributed by atoms with Gasteiger partial charge in [0.05, 0.1) is 6.10 Å². The van der Waals surface area contributed by atoms with E-state index in [9.17, 15) is 0 Å². The highest BCUT2D eigenvalue weighted by Crippen LogP contribution is 2.48. The Morgan fingerprint density at radius 2 is 2.20 bits per heavy atom. The average molecular weight is 211 g/mol. The fourth-order valence-electron chi connectivity index (χ4n) is 3.70. The van der Waals surface area contributed by atoms with Crippen molar-refractivity contribution in [1.82, 2.24) is 4.90 Å². The Kier molecular flexibility index (Phi) is 3.09. The van der Waals surface area contributed by atoms with Crippen molar-refractivity contribution in [2.24, 2.45) is 11.8 Å². The summed E-state index contributed by atoms with van der Waals surface area (Å²) in [6.07, 6.45) is 4.35. The minimum absolute atomic E-state index is 0.0995. The highest BCUT2D eigenvalue weighted by atomic mass is 16.5. The molecule has 0 amide bonds. The number of ether oxygens (including phenoxy) is 1. The van der Waals surface area contributed by atoms with Crippen molar-refractivity contribution in [3.8, 4) is 0 Å². The maximum Gasteiger partial charge on any atom is 0.125 e. The second-order valence-corrected chi connectivity index (χ2v) is 5.55. The molecule has 15 heavy (non-hydrogen) atoms. The predicted molar refractivity (Wildman–Crippen MR) is 62.7 cm³/mol. The highest BCUT2D eigenvalue weighted by Gasteiger charge is 2.53. The predicted octanol–water partition coefficient (Wildman–Crippen LogP) is 2.88. The van der Waals surface area contributed by atoms with Gasteiger partial charge in [0.25, 0.3) is 0 Å². The van der Waals surface area contributed by atoms with Crippen molar-refractivity contribution in [2.75, 3.05) is 13.1 Å². The van der Waals surface area contributed by atoms with Crippen LogP contribution in [-0.4, -0.2) is 29.8 Å². The van der Waals surface area contributed by atoms with Crippen LogP contribution in [0.15, 0.2) is 0 Å². The second-order valence-electron chi connectivity index (χ2n) is 5.55. The van der Waals surface area contributed by atoms with Gasteiger partial charge in [0.15, 0.2) is 0 Å². The van der Waals surface area contributed by atoms with E-state index in [0.29, 0.717) is 6.10 Å². The van der Waals surface area contributed by atoms with E-state index in [4.69, 9.17) is 4.74 Å². The lowest BCUT2D eigenvalue weighted by Crippen LogP contribution is -2.49. The zero-order chi connectivity index (χ0) is 11.1. The molecule has 0 radical (unpaired) electrons. The molecule has 2 nitrogen and oxygen atoms in total. The Labute approximate surface area is 94.0 Å². The molecule has 0 bridgehead atoms. The molecule has 3 atom stereocenters. The lowest BCUT2D eigenvalue weighted by atomic mass is 9.87. The highest BCUT2D eigenvalue weighted by molar-refractivity contribution is 4.99. The molecule has 0 aromatic carbocycles. The molecule has 2 fully saturated rings. The summed E-state index contributed by atoms with van der Waals surface area (Å²) in [5.41, 5.74) is 0.0995. The first-order valence-electron chi connectivity index (χ1n) is 6.53. The van der Waals surface area contributed by atoms with E-state index in [-0.39, 0.29) is 5.72 Å². The van der Waals surface area contributed by atoms with Crippen molar-refractivity contribution < 1.29 is 4.74 Å². The van der Waals surface area contributed by atoms with Gasteiger partial charge in [-0.1, -0.05) is 20.8 Å². The third-order valence-electron chi connectivity index (χ3n) is 4.23. The van der Waals surface area contributed by atoms with Crippen LogP contribution in [0.4, 0.5) is 0 Å². The van der Waals surface area contributed by atoms with Crippen molar-refractivity contribution in [3.63, 3.8) is 0 Å². The molecule has 0 N–H and O–H groups in total. The van der Waals surface area contributed by atoms with E-state index in [2.05, 4.69) is 32.6 Å². The maximum absolute atomic E-state index is 6.31. The van der Waals surface area contributed by atoms with E-state index < -0.39 is 0 Å². The van der Waals surface area contributed by atoms with Gasteiger partial charge in [-0.3, -0.25) is 4.90 Å². The van der Waals surface area contributed by atoms with Crippen LogP contribution in [0.1, 0.15) is 47.0 Å². The summed E-state index contributed by atoms with van der Waals surface area (Å²) in [5, 5.41) is 0. The molecule has 1 spiro atoms. The van der Waals surface area contributed by atoms with Crippen LogP contribution in [0, 0.1) is 11.8 Å². The normalized spacial score (nSPS) is 42.2. The third-order valence-corrected chi connectivity index (χ3v) is 4.23. The van der Waals surface area contributed by atoms with Gasteiger partial charge in [-0.2, -0.15) is 0 Å². The minimum Gasteiger partial charge on any atom is -0.356 e. The first-order valence-corrected chi connectivity index (χ1v) is 6.53. The SMILES string of the molecule is CCN1C[C@@H](C)O[C@@]12CCC[C@H]2C(C)C. The first-order chi connectivity index (χ1) is 7.10. The Morgan fingerprint density at radius 1 is 1.47 bits per heavy atom. The largest absolute Gasteiger partial charge is 0.356 e. The molecule has 2 aliphatic rings. The monoisotopic (exact) mass is 211 g/mol. The first kappa shape index (κ1) is 11.4. The van der Waals surface area contributed by atoms with Crippen LogP contribution >= 0.6 is 0 Å². The summed E-state index contributed by atoms with van der Waals surface area (Å²) in [6, 6.07) is 0. The maximum atomic E-state index is 6.31. The van der Waals surface area contributed by atoms with Crippen LogP contribution in [0.5, 0.6) is 0 Å². The summed E-state index contributed by atoms with van der Waals surface area (Å²) in [5.74, 6) is 1.48. The van der Waals surface area contributed by atoms with Crippen LogP contribution < -0.4 is 0 Å². The summed E-state index contributed by atoms with van der Waals surface area (Å²) < 4.78 is 6.31. The topological polar surface area (TPSA) is 12.5 Å². The smallest absolute Gasteiger partial charge is 0.125 e. The van der Waals surface area contributed by atoms with Gasteiger partial charge in [0.1, 0.15) is 5.72 Å². The Hall–Kier alpha value is -0.0800. The number of nitrogens with zero attached hydrogens (tertiary/aromatic N) is 1. The molecule has 2 rings (SSSR count). The Morgan fingerprint density at radius 3 is 2.80 bits per heavy atom. The standard InChI is InChI=1S/C13H25NO/c1-5-14-9-11(4)15-13(14)8-6-7-12(13)10(2)3/h10-12H,5-9H2,1-4H3/t11-,12+,13-/m1/s1. The molecule has 0 unspecified atom stereocenters.